The van der Waals surface area contributed by atoms with Crippen LogP contribution in [0.4, 0.5) is 0 Å². The van der Waals surface area contributed by atoms with Crippen molar-refractivity contribution < 1.29 is 19.1 Å². The summed E-state index contributed by atoms with van der Waals surface area (Å²) >= 11 is 2.63. The largest absolute Gasteiger partial charge is 0.467 e. The van der Waals surface area contributed by atoms with Crippen molar-refractivity contribution in [1.82, 2.24) is 4.90 Å². The highest BCUT2D eigenvalue weighted by Crippen LogP contribution is 2.38. The number of aliphatic hydroxyl groups is 1. The van der Waals surface area contributed by atoms with Gasteiger partial charge < -0.3 is 9.52 Å². The number of carbonyl (C=O) groups is 2. The van der Waals surface area contributed by atoms with Crippen LogP contribution in [0.2, 0.25) is 0 Å². The van der Waals surface area contributed by atoms with Gasteiger partial charge in [0.1, 0.15) is 5.76 Å². The number of imide groups is 1. The molecule has 0 bridgehead atoms. The quantitative estimate of drug-likeness (QED) is 0.821. The SMILES string of the molecule is O=C1C(SCCO)=C(c2cccs2)C(=O)N1Cc1ccco1. The van der Waals surface area contributed by atoms with Gasteiger partial charge in [0.15, 0.2) is 0 Å². The Hall–Kier alpha value is -1.83. The van der Waals surface area contributed by atoms with Gasteiger partial charge in [-0.25, -0.2) is 0 Å². The smallest absolute Gasteiger partial charge is 0.268 e. The predicted molar refractivity (Wildman–Crippen MR) is 85.0 cm³/mol. The average Bonchev–Trinajstić information content (AvgIpc) is 3.23. The molecule has 0 saturated heterocycles. The molecule has 114 valence electrons. The molecule has 7 heteroatoms. The summed E-state index contributed by atoms with van der Waals surface area (Å²) < 4.78 is 5.23. The zero-order valence-corrected chi connectivity index (χ0v) is 13.2. The fourth-order valence-electron chi connectivity index (χ4n) is 2.18. The molecule has 2 amide bonds. The van der Waals surface area contributed by atoms with Crippen LogP contribution in [-0.2, 0) is 16.1 Å². The van der Waals surface area contributed by atoms with Crippen LogP contribution in [0, 0.1) is 0 Å². The zero-order chi connectivity index (χ0) is 15.5. The number of hydrogen-bond acceptors (Lipinski definition) is 6. The Morgan fingerprint density at radius 3 is 2.73 bits per heavy atom. The fraction of sp³-hybridized carbons (Fsp3) is 0.200. The number of amides is 2. The Kier molecular flexibility index (Phi) is 4.47. The number of furan rings is 1. The second-order valence-electron chi connectivity index (χ2n) is 4.53. The summed E-state index contributed by atoms with van der Waals surface area (Å²) in [6.45, 7) is 0.0638. The molecule has 0 aromatic carbocycles. The summed E-state index contributed by atoms with van der Waals surface area (Å²) in [4.78, 5) is 27.6. The van der Waals surface area contributed by atoms with Crippen molar-refractivity contribution in [3.8, 4) is 0 Å². The lowest BCUT2D eigenvalue weighted by molar-refractivity contribution is -0.137. The number of thiophene rings is 1. The highest BCUT2D eigenvalue weighted by Gasteiger charge is 2.39. The Balaban J connectivity index is 1.93. The van der Waals surface area contributed by atoms with Gasteiger partial charge in [0.25, 0.3) is 11.8 Å². The monoisotopic (exact) mass is 335 g/mol. The molecule has 22 heavy (non-hydrogen) atoms. The topological polar surface area (TPSA) is 70.8 Å². The van der Waals surface area contributed by atoms with Gasteiger partial charge in [0, 0.05) is 10.6 Å². The van der Waals surface area contributed by atoms with Crippen molar-refractivity contribution in [2.75, 3.05) is 12.4 Å². The second-order valence-corrected chi connectivity index (χ2v) is 6.58. The van der Waals surface area contributed by atoms with Gasteiger partial charge >= 0.3 is 0 Å². The lowest BCUT2D eigenvalue weighted by Gasteiger charge is -2.13. The van der Waals surface area contributed by atoms with Crippen LogP contribution in [-0.4, -0.2) is 34.2 Å². The van der Waals surface area contributed by atoms with Crippen molar-refractivity contribution in [3.63, 3.8) is 0 Å². The van der Waals surface area contributed by atoms with Crippen molar-refractivity contribution in [1.29, 1.82) is 0 Å². The summed E-state index contributed by atoms with van der Waals surface area (Å²) in [5.41, 5.74) is 0.421. The summed E-state index contributed by atoms with van der Waals surface area (Å²) in [7, 11) is 0. The van der Waals surface area contributed by atoms with E-state index in [1.165, 1.54) is 34.3 Å². The minimum Gasteiger partial charge on any atom is -0.467 e. The van der Waals surface area contributed by atoms with E-state index in [0.717, 1.165) is 4.88 Å². The Bertz CT molecular complexity index is 704. The van der Waals surface area contributed by atoms with E-state index in [4.69, 9.17) is 9.52 Å². The summed E-state index contributed by atoms with van der Waals surface area (Å²) in [6, 6.07) is 7.11. The molecule has 0 spiro atoms. The maximum absolute atomic E-state index is 12.7. The average molecular weight is 335 g/mol. The van der Waals surface area contributed by atoms with E-state index in [-0.39, 0.29) is 25.0 Å². The van der Waals surface area contributed by atoms with E-state index >= 15 is 0 Å². The van der Waals surface area contributed by atoms with Crippen LogP contribution >= 0.6 is 23.1 Å². The minimum atomic E-state index is -0.330. The number of hydrogen-bond donors (Lipinski definition) is 1. The van der Waals surface area contributed by atoms with Gasteiger partial charge in [-0.3, -0.25) is 14.5 Å². The third kappa shape index (κ3) is 2.75. The molecular weight excluding hydrogens is 322 g/mol. The second kappa shape index (κ2) is 6.51. The third-order valence-corrected chi connectivity index (χ3v) is 5.07. The number of aliphatic hydroxyl groups excluding tert-OH is 1. The minimum absolute atomic E-state index is 0.0501. The van der Waals surface area contributed by atoms with Crippen molar-refractivity contribution >= 4 is 40.5 Å². The maximum Gasteiger partial charge on any atom is 0.268 e. The summed E-state index contributed by atoms with van der Waals surface area (Å²) in [6.07, 6.45) is 1.51. The Morgan fingerprint density at radius 1 is 1.23 bits per heavy atom. The molecule has 1 aliphatic rings. The van der Waals surface area contributed by atoms with Gasteiger partial charge in [-0.1, -0.05) is 6.07 Å². The van der Waals surface area contributed by atoms with Crippen LogP contribution in [0.5, 0.6) is 0 Å². The van der Waals surface area contributed by atoms with Crippen LogP contribution in [0.1, 0.15) is 10.6 Å². The van der Waals surface area contributed by atoms with E-state index in [1.807, 2.05) is 17.5 Å². The van der Waals surface area contributed by atoms with E-state index < -0.39 is 0 Å². The van der Waals surface area contributed by atoms with Crippen LogP contribution in [0.15, 0.2) is 45.2 Å². The first-order chi connectivity index (χ1) is 10.7. The van der Waals surface area contributed by atoms with E-state index in [2.05, 4.69) is 0 Å². The summed E-state index contributed by atoms with van der Waals surface area (Å²) in [5.74, 6) is 0.283. The molecule has 0 atom stereocenters. The number of carbonyl (C=O) groups excluding carboxylic acids is 2. The molecule has 5 nitrogen and oxygen atoms in total. The molecule has 0 unspecified atom stereocenters. The standard InChI is InChI=1S/C15H13NO4S2/c17-5-8-22-13-12(11-4-2-7-21-11)14(18)16(15(13)19)9-10-3-1-6-20-10/h1-4,6-7,17H,5,8-9H2. The molecule has 1 N–H and O–H groups in total. The first-order valence-electron chi connectivity index (χ1n) is 6.62. The molecule has 3 rings (SSSR count). The van der Waals surface area contributed by atoms with Gasteiger partial charge in [-0.05, 0) is 23.6 Å². The lowest BCUT2D eigenvalue weighted by Crippen LogP contribution is -2.30. The first kappa shape index (κ1) is 15.1. The van der Waals surface area contributed by atoms with E-state index in [9.17, 15) is 9.59 Å². The zero-order valence-electron chi connectivity index (χ0n) is 11.5. The molecular formula is C15H13NO4S2. The molecule has 1 aliphatic heterocycles. The predicted octanol–water partition coefficient (Wildman–Crippen LogP) is 2.35. The molecule has 0 fully saturated rings. The number of thioether (sulfide) groups is 1. The van der Waals surface area contributed by atoms with Gasteiger partial charge in [-0.15, -0.1) is 23.1 Å². The van der Waals surface area contributed by atoms with E-state index in [1.54, 1.807) is 12.1 Å². The van der Waals surface area contributed by atoms with Crippen LogP contribution < -0.4 is 0 Å². The molecule has 0 radical (unpaired) electrons. The Morgan fingerprint density at radius 2 is 2.09 bits per heavy atom. The summed E-state index contributed by atoms with van der Waals surface area (Å²) in [5, 5.41) is 10.9. The van der Waals surface area contributed by atoms with Crippen LogP contribution in [0.25, 0.3) is 5.57 Å². The molecule has 0 saturated carbocycles. The van der Waals surface area contributed by atoms with Crippen molar-refractivity contribution in [2.45, 2.75) is 6.54 Å². The highest BCUT2D eigenvalue weighted by atomic mass is 32.2. The van der Waals surface area contributed by atoms with Crippen molar-refractivity contribution in [3.05, 3.63) is 51.5 Å². The normalized spacial score (nSPS) is 15.2. The number of rotatable bonds is 6. The van der Waals surface area contributed by atoms with Crippen molar-refractivity contribution in [2.24, 2.45) is 0 Å². The highest BCUT2D eigenvalue weighted by molar-refractivity contribution is 8.04. The van der Waals surface area contributed by atoms with Crippen LogP contribution in [0.3, 0.4) is 0 Å². The number of nitrogens with zero attached hydrogens (tertiary/aromatic N) is 1. The maximum atomic E-state index is 12.7. The Labute approximate surface area is 135 Å². The van der Waals surface area contributed by atoms with Gasteiger partial charge in [0.2, 0.25) is 0 Å². The fourth-order valence-corrected chi connectivity index (χ4v) is 3.88. The third-order valence-electron chi connectivity index (χ3n) is 3.12. The molecule has 2 aromatic heterocycles. The van der Waals surface area contributed by atoms with Gasteiger partial charge in [-0.2, -0.15) is 0 Å². The molecule has 2 aromatic rings. The first-order valence-corrected chi connectivity index (χ1v) is 8.49. The molecule has 0 aliphatic carbocycles. The lowest BCUT2D eigenvalue weighted by atomic mass is 10.2. The van der Waals surface area contributed by atoms with E-state index in [0.29, 0.717) is 22.0 Å². The molecule has 3 heterocycles. The van der Waals surface area contributed by atoms with Gasteiger partial charge in [0.05, 0.1) is 29.9 Å².